The van der Waals surface area contributed by atoms with Gasteiger partial charge in [-0.15, -0.1) is 0 Å². The van der Waals surface area contributed by atoms with Gasteiger partial charge in [0.05, 0.1) is 12.2 Å². The molecule has 1 amide bonds. The van der Waals surface area contributed by atoms with Gasteiger partial charge in [-0.2, -0.15) is 0 Å². The molecule has 0 atom stereocenters. The van der Waals surface area contributed by atoms with Crippen molar-refractivity contribution in [2.45, 2.75) is 19.9 Å². The van der Waals surface area contributed by atoms with Crippen LogP contribution in [0.25, 0.3) is 5.65 Å². The molecule has 0 aliphatic carbocycles. The van der Waals surface area contributed by atoms with Gasteiger partial charge in [-0.3, -0.25) is 4.79 Å². The lowest BCUT2D eigenvalue weighted by Gasteiger charge is -2.07. The highest BCUT2D eigenvalue weighted by Crippen LogP contribution is 2.13. The Balaban J connectivity index is 1.50. The van der Waals surface area contributed by atoms with Crippen molar-refractivity contribution >= 4 is 23.2 Å². The van der Waals surface area contributed by atoms with Gasteiger partial charge < -0.3 is 14.5 Å². The van der Waals surface area contributed by atoms with E-state index in [-0.39, 0.29) is 12.5 Å². The Morgan fingerprint density at radius 3 is 2.83 bits per heavy atom. The standard InChI is InChI=1S/C18H18ClN3O2/c1-2-13-3-5-16(6-4-13)24-12-18(23)20-10-15-11-22-8-7-14(19)9-17(22)21-15/h3-9,11H,2,10,12H2,1H3,(H,20,23). The van der Waals surface area contributed by atoms with Crippen molar-refractivity contribution in [2.24, 2.45) is 0 Å². The zero-order valence-electron chi connectivity index (χ0n) is 13.3. The molecule has 124 valence electrons. The molecule has 0 aliphatic heterocycles. The fraction of sp³-hybridized carbons (Fsp3) is 0.222. The number of rotatable bonds is 6. The van der Waals surface area contributed by atoms with Crippen LogP contribution in [0.5, 0.6) is 5.75 Å². The molecule has 2 aromatic heterocycles. The van der Waals surface area contributed by atoms with Gasteiger partial charge in [0.25, 0.3) is 5.91 Å². The number of halogens is 1. The number of amides is 1. The van der Waals surface area contributed by atoms with Crippen LogP contribution in [0.3, 0.4) is 0 Å². The normalized spacial score (nSPS) is 10.8. The van der Waals surface area contributed by atoms with E-state index in [0.717, 1.165) is 17.8 Å². The fourth-order valence-electron chi connectivity index (χ4n) is 2.31. The Bertz CT molecular complexity index is 843. The lowest BCUT2D eigenvalue weighted by molar-refractivity contribution is -0.123. The van der Waals surface area contributed by atoms with E-state index < -0.39 is 0 Å². The number of hydrogen-bond donors (Lipinski definition) is 1. The summed E-state index contributed by atoms with van der Waals surface area (Å²) in [6.45, 7) is 2.41. The van der Waals surface area contributed by atoms with Crippen LogP contribution in [0.1, 0.15) is 18.2 Å². The molecule has 1 aromatic carbocycles. The van der Waals surface area contributed by atoms with Gasteiger partial charge in [-0.25, -0.2) is 4.98 Å². The van der Waals surface area contributed by atoms with E-state index >= 15 is 0 Å². The number of fused-ring (bicyclic) bond motifs is 1. The Kier molecular flexibility index (Phi) is 5.01. The van der Waals surface area contributed by atoms with Crippen molar-refractivity contribution in [3.63, 3.8) is 0 Å². The van der Waals surface area contributed by atoms with Crippen molar-refractivity contribution in [1.82, 2.24) is 14.7 Å². The highest BCUT2D eigenvalue weighted by Gasteiger charge is 2.06. The van der Waals surface area contributed by atoms with Crippen LogP contribution in [-0.4, -0.2) is 21.9 Å². The van der Waals surface area contributed by atoms with E-state index in [4.69, 9.17) is 16.3 Å². The van der Waals surface area contributed by atoms with Gasteiger partial charge in [0.1, 0.15) is 11.4 Å². The third-order valence-corrected chi connectivity index (χ3v) is 3.88. The van der Waals surface area contributed by atoms with Crippen LogP contribution >= 0.6 is 11.6 Å². The second-order valence-corrected chi connectivity index (χ2v) is 5.84. The van der Waals surface area contributed by atoms with Crippen LogP contribution in [0.4, 0.5) is 0 Å². The van der Waals surface area contributed by atoms with Crippen molar-refractivity contribution in [2.75, 3.05) is 6.61 Å². The monoisotopic (exact) mass is 343 g/mol. The summed E-state index contributed by atoms with van der Waals surface area (Å²) in [5, 5.41) is 3.43. The van der Waals surface area contributed by atoms with Crippen LogP contribution < -0.4 is 10.1 Å². The molecule has 3 rings (SSSR count). The quantitative estimate of drug-likeness (QED) is 0.747. The molecule has 3 aromatic rings. The minimum Gasteiger partial charge on any atom is -0.484 e. The average molecular weight is 344 g/mol. The molecular formula is C18H18ClN3O2. The van der Waals surface area contributed by atoms with Gasteiger partial charge >= 0.3 is 0 Å². The molecule has 0 aliphatic rings. The first-order valence-electron chi connectivity index (χ1n) is 7.75. The molecule has 0 spiro atoms. The first kappa shape index (κ1) is 16.3. The number of imidazole rings is 1. The number of hydrogen-bond acceptors (Lipinski definition) is 3. The molecule has 5 nitrogen and oxygen atoms in total. The van der Waals surface area contributed by atoms with E-state index in [9.17, 15) is 4.79 Å². The number of pyridine rings is 1. The maximum Gasteiger partial charge on any atom is 0.258 e. The molecule has 0 fully saturated rings. The van der Waals surface area contributed by atoms with Crippen molar-refractivity contribution < 1.29 is 9.53 Å². The van der Waals surface area contributed by atoms with E-state index in [1.807, 2.05) is 41.1 Å². The SMILES string of the molecule is CCc1ccc(OCC(=O)NCc2cn3ccc(Cl)cc3n2)cc1. The molecule has 1 N–H and O–H groups in total. The van der Waals surface area contributed by atoms with Crippen LogP contribution in [0.2, 0.25) is 5.02 Å². The van der Waals surface area contributed by atoms with E-state index in [1.165, 1.54) is 5.56 Å². The Labute approximate surface area is 145 Å². The van der Waals surface area contributed by atoms with Crippen LogP contribution in [0, 0.1) is 0 Å². The molecule has 6 heteroatoms. The minimum absolute atomic E-state index is 0.0231. The maximum absolute atomic E-state index is 11.9. The van der Waals surface area contributed by atoms with E-state index in [0.29, 0.717) is 17.3 Å². The number of aromatic nitrogens is 2. The summed E-state index contributed by atoms with van der Waals surface area (Å²) in [7, 11) is 0. The molecule has 0 unspecified atom stereocenters. The van der Waals surface area contributed by atoms with Gasteiger partial charge in [0.2, 0.25) is 0 Å². The number of ether oxygens (including phenoxy) is 1. The Hall–Kier alpha value is -2.53. The summed E-state index contributed by atoms with van der Waals surface area (Å²) < 4.78 is 7.34. The summed E-state index contributed by atoms with van der Waals surface area (Å²) in [6.07, 6.45) is 4.67. The van der Waals surface area contributed by atoms with E-state index in [1.54, 1.807) is 12.1 Å². The highest BCUT2D eigenvalue weighted by molar-refractivity contribution is 6.30. The molecule has 0 saturated carbocycles. The summed E-state index contributed by atoms with van der Waals surface area (Å²) in [5.41, 5.74) is 2.75. The second-order valence-electron chi connectivity index (χ2n) is 5.41. The van der Waals surface area contributed by atoms with Gasteiger partial charge in [0, 0.05) is 17.4 Å². The van der Waals surface area contributed by atoms with Gasteiger partial charge in [-0.1, -0.05) is 30.7 Å². The summed E-state index contributed by atoms with van der Waals surface area (Å²) in [6, 6.07) is 11.3. The third-order valence-electron chi connectivity index (χ3n) is 3.64. The number of carbonyl (C=O) groups excluding carboxylic acids is 1. The maximum atomic E-state index is 11.9. The van der Waals surface area contributed by atoms with Crippen molar-refractivity contribution in [3.8, 4) is 5.75 Å². The fourth-order valence-corrected chi connectivity index (χ4v) is 2.46. The molecule has 24 heavy (non-hydrogen) atoms. The van der Waals surface area contributed by atoms with Gasteiger partial charge in [-0.05, 0) is 36.2 Å². The second kappa shape index (κ2) is 7.36. The number of nitrogens with one attached hydrogen (secondary N) is 1. The smallest absolute Gasteiger partial charge is 0.258 e. The average Bonchev–Trinajstić information content (AvgIpc) is 3.00. The van der Waals surface area contributed by atoms with Crippen LogP contribution in [0.15, 0.2) is 48.8 Å². The van der Waals surface area contributed by atoms with E-state index in [2.05, 4.69) is 17.2 Å². The predicted molar refractivity (Wildman–Crippen MR) is 93.4 cm³/mol. The summed E-state index contributed by atoms with van der Waals surface area (Å²) in [5.74, 6) is 0.495. The predicted octanol–water partition coefficient (Wildman–Crippen LogP) is 3.25. The van der Waals surface area contributed by atoms with Crippen molar-refractivity contribution in [3.05, 3.63) is 65.1 Å². The van der Waals surface area contributed by atoms with Crippen molar-refractivity contribution in [1.29, 1.82) is 0 Å². The molecule has 2 heterocycles. The Morgan fingerprint density at radius 1 is 1.29 bits per heavy atom. The molecule has 0 bridgehead atoms. The first-order chi connectivity index (χ1) is 11.6. The number of nitrogens with zero attached hydrogens (tertiary/aromatic N) is 2. The largest absolute Gasteiger partial charge is 0.484 e. The zero-order chi connectivity index (χ0) is 16.9. The summed E-state index contributed by atoms with van der Waals surface area (Å²) in [4.78, 5) is 16.3. The highest BCUT2D eigenvalue weighted by atomic mass is 35.5. The van der Waals surface area contributed by atoms with Gasteiger partial charge in [0.15, 0.2) is 6.61 Å². The third kappa shape index (κ3) is 4.06. The van der Waals surface area contributed by atoms with Crippen LogP contribution in [-0.2, 0) is 17.8 Å². The lowest BCUT2D eigenvalue weighted by Crippen LogP contribution is -2.28. The lowest BCUT2D eigenvalue weighted by atomic mass is 10.2. The zero-order valence-corrected chi connectivity index (χ0v) is 14.1. The summed E-state index contributed by atoms with van der Waals surface area (Å²) >= 11 is 5.93. The number of benzene rings is 1. The minimum atomic E-state index is -0.190. The molecular weight excluding hydrogens is 326 g/mol. The Morgan fingerprint density at radius 2 is 2.08 bits per heavy atom. The molecule has 0 saturated heterocycles. The number of aryl methyl sites for hydroxylation is 1. The first-order valence-corrected chi connectivity index (χ1v) is 8.13. The molecule has 0 radical (unpaired) electrons. The topological polar surface area (TPSA) is 55.6 Å². The number of carbonyl (C=O) groups is 1.